The normalized spacial score (nSPS) is 10.4. The number of aryl methyl sites for hydroxylation is 2. The van der Waals surface area contributed by atoms with Crippen LogP contribution >= 0.6 is 0 Å². The first-order valence-electron chi connectivity index (χ1n) is 7.42. The predicted octanol–water partition coefficient (Wildman–Crippen LogP) is 2.50. The van der Waals surface area contributed by atoms with Gasteiger partial charge in [-0.05, 0) is 49.2 Å². The third-order valence-electron chi connectivity index (χ3n) is 3.49. The monoisotopic (exact) mass is 320 g/mol. The summed E-state index contributed by atoms with van der Waals surface area (Å²) in [5.41, 5.74) is 1.68. The Morgan fingerprint density at radius 3 is 2.46 bits per heavy atom. The van der Waals surface area contributed by atoms with E-state index >= 15 is 0 Å². The maximum absolute atomic E-state index is 12.4. The van der Waals surface area contributed by atoms with E-state index in [4.69, 9.17) is 0 Å². The van der Waals surface area contributed by atoms with Crippen molar-refractivity contribution in [3.05, 3.63) is 82.0 Å². The van der Waals surface area contributed by atoms with Crippen LogP contribution in [0, 0.1) is 13.8 Å². The minimum absolute atomic E-state index is 0.0316. The fourth-order valence-electron chi connectivity index (χ4n) is 2.25. The van der Waals surface area contributed by atoms with Gasteiger partial charge >= 0.3 is 0 Å². The van der Waals surface area contributed by atoms with Crippen molar-refractivity contribution in [3.8, 4) is 5.82 Å². The molecule has 0 fully saturated rings. The molecule has 3 rings (SSSR count). The van der Waals surface area contributed by atoms with Crippen molar-refractivity contribution in [1.82, 2.24) is 14.5 Å². The lowest BCUT2D eigenvalue weighted by atomic mass is 10.2. The van der Waals surface area contributed by atoms with E-state index < -0.39 is 5.91 Å². The number of rotatable bonds is 3. The molecule has 3 aromatic heterocycles. The minimum Gasteiger partial charge on any atom is -0.308 e. The summed E-state index contributed by atoms with van der Waals surface area (Å²) >= 11 is 0. The smallest absolute Gasteiger partial charge is 0.262 e. The lowest BCUT2D eigenvalue weighted by Crippen LogP contribution is -2.23. The number of aromatic nitrogens is 3. The van der Waals surface area contributed by atoms with Gasteiger partial charge in [-0.15, -0.1) is 0 Å². The molecule has 24 heavy (non-hydrogen) atoms. The molecule has 0 aromatic carbocycles. The van der Waals surface area contributed by atoms with E-state index in [9.17, 15) is 9.59 Å². The van der Waals surface area contributed by atoms with Crippen LogP contribution in [-0.2, 0) is 0 Å². The summed E-state index contributed by atoms with van der Waals surface area (Å²) in [4.78, 5) is 32.8. The summed E-state index contributed by atoms with van der Waals surface area (Å²) in [6, 6.07) is 8.66. The van der Waals surface area contributed by atoms with Crippen molar-refractivity contribution < 1.29 is 4.79 Å². The van der Waals surface area contributed by atoms with Crippen molar-refractivity contribution in [3.63, 3.8) is 0 Å². The number of hydrogen-bond donors (Lipinski definition) is 1. The predicted molar refractivity (Wildman–Crippen MR) is 91.5 cm³/mol. The summed E-state index contributed by atoms with van der Waals surface area (Å²) in [7, 11) is 0. The number of amides is 1. The summed E-state index contributed by atoms with van der Waals surface area (Å²) in [6.45, 7) is 3.85. The van der Waals surface area contributed by atoms with Crippen LogP contribution in [0.15, 0.2) is 59.9 Å². The third kappa shape index (κ3) is 3.38. The fourth-order valence-corrected chi connectivity index (χ4v) is 2.25. The Balaban J connectivity index is 1.94. The molecule has 0 aliphatic carbocycles. The van der Waals surface area contributed by atoms with Gasteiger partial charge in [-0.3, -0.25) is 9.59 Å². The lowest BCUT2D eigenvalue weighted by molar-refractivity contribution is 0.102. The molecular formula is C18H16N4O2. The Kier molecular flexibility index (Phi) is 4.20. The molecule has 0 bridgehead atoms. The summed E-state index contributed by atoms with van der Waals surface area (Å²) < 4.78 is 1.65. The van der Waals surface area contributed by atoms with Crippen LogP contribution in [0.4, 0.5) is 5.82 Å². The topological polar surface area (TPSA) is 76.9 Å². The van der Waals surface area contributed by atoms with Crippen LogP contribution in [0.1, 0.15) is 21.5 Å². The van der Waals surface area contributed by atoms with Gasteiger partial charge in [0.05, 0.1) is 0 Å². The number of carbonyl (C=O) groups excluding carboxylic acids is 1. The second-order valence-corrected chi connectivity index (χ2v) is 5.49. The van der Waals surface area contributed by atoms with Gasteiger partial charge < -0.3 is 9.88 Å². The zero-order valence-electron chi connectivity index (χ0n) is 13.4. The Morgan fingerprint density at radius 2 is 1.75 bits per heavy atom. The number of carbonyl (C=O) groups is 1. The van der Waals surface area contributed by atoms with Gasteiger partial charge in [-0.25, -0.2) is 9.97 Å². The second kappa shape index (κ2) is 6.45. The highest BCUT2D eigenvalue weighted by molar-refractivity contribution is 6.03. The van der Waals surface area contributed by atoms with Crippen LogP contribution in [-0.4, -0.2) is 20.4 Å². The highest BCUT2D eigenvalue weighted by atomic mass is 16.2. The van der Waals surface area contributed by atoms with Crippen LogP contribution < -0.4 is 10.7 Å². The largest absolute Gasteiger partial charge is 0.308 e. The SMILES string of the molecule is Cc1ccnc(NC(=O)c2cn(-c3cc(C)ccn3)ccc2=O)c1. The molecule has 0 radical (unpaired) electrons. The summed E-state index contributed by atoms with van der Waals surface area (Å²) in [6.07, 6.45) is 6.35. The van der Waals surface area contributed by atoms with Crippen molar-refractivity contribution in [2.45, 2.75) is 13.8 Å². The molecule has 0 saturated carbocycles. The quantitative estimate of drug-likeness (QED) is 0.804. The molecular weight excluding hydrogens is 304 g/mol. The van der Waals surface area contributed by atoms with Gasteiger partial charge in [-0.2, -0.15) is 0 Å². The molecule has 3 aromatic rings. The average molecular weight is 320 g/mol. The molecule has 0 aliphatic heterocycles. The zero-order chi connectivity index (χ0) is 17.1. The Bertz CT molecular complexity index is 963. The fraction of sp³-hybridized carbons (Fsp3) is 0.111. The standard InChI is InChI=1S/C18H16N4O2/c1-12-3-6-19-16(9-12)21-18(24)14-11-22(8-5-15(14)23)17-10-13(2)4-7-20-17/h3-11H,1-2H3,(H,19,21,24). The molecule has 0 saturated heterocycles. The van der Waals surface area contributed by atoms with Crippen LogP contribution in [0.25, 0.3) is 5.82 Å². The molecule has 3 heterocycles. The Hall–Kier alpha value is -3.28. The first kappa shape index (κ1) is 15.6. The third-order valence-corrected chi connectivity index (χ3v) is 3.49. The number of pyridine rings is 3. The summed E-state index contributed by atoms with van der Waals surface area (Å²) in [5.74, 6) is 0.543. The van der Waals surface area contributed by atoms with Gasteiger partial charge in [0.15, 0.2) is 5.43 Å². The summed E-state index contributed by atoms with van der Waals surface area (Å²) in [5, 5.41) is 2.65. The van der Waals surface area contributed by atoms with Crippen LogP contribution in [0.2, 0.25) is 0 Å². The van der Waals surface area contributed by atoms with E-state index in [1.807, 2.05) is 32.0 Å². The number of nitrogens with one attached hydrogen (secondary N) is 1. The lowest BCUT2D eigenvalue weighted by Gasteiger charge is -2.09. The molecule has 6 nitrogen and oxygen atoms in total. The molecule has 0 aliphatic rings. The van der Waals surface area contributed by atoms with E-state index in [1.165, 1.54) is 12.3 Å². The van der Waals surface area contributed by atoms with Crippen LogP contribution in [0.3, 0.4) is 0 Å². The molecule has 1 amide bonds. The number of nitrogens with zero attached hydrogens (tertiary/aromatic N) is 3. The second-order valence-electron chi connectivity index (χ2n) is 5.49. The maximum Gasteiger partial charge on any atom is 0.262 e. The van der Waals surface area contributed by atoms with Gasteiger partial charge in [0.1, 0.15) is 17.2 Å². The van der Waals surface area contributed by atoms with E-state index in [0.29, 0.717) is 11.6 Å². The van der Waals surface area contributed by atoms with E-state index in [2.05, 4.69) is 15.3 Å². The molecule has 0 spiro atoms. The highest BCUT2D eigenvalue weighted by Crippen LogP contribution is 2.09. The minimum atomic E-state index is -0.500. The van der Waals surface area contributed by atoms with Crippen LogP contribution in [0.5, 0.6) is 0 Å². The van der Waals surface area contributed by atoms with Gasteiger partial charge in [0.25, 0.3) is 5.91 Å². The van der Waals surface area contributed by atoms with E-state index in [-0.39, 0.29) is 11.0 Å². The highest BCUT2D eigenvalue weighted by Gasteiger charge is 2.12. The Labute approximate surface area is 138 Å². The average Bonchev–Trinajstić information content (AvgIpc) is 2.55. The van der Waals surface area contributed by atoms with Gasteiger partial charge in [0, 0.05) is 30.9 Å². The molecule has 6 heteroatoms. The molecule has 0 unspecified atom stereocenters. The first-order chi connectivity index (χ1) is 11.5. The molecule has 0 atom stereocenters. The van der Waals surface area contributed by atoms with Crippen molar-refractivity contribution in [1.29, 1.82) is 0 Å². The number of anilines is 1. The van der Waals surface area contributed by atoms with Crippen molar-refractivity contribution in [2.24, 2.45) is 0 Å². The molecule has 120 valence electrons. The first-order valence-corrected chi connectivity index (χ1v) is 7.42. The van der Waals surface area contributed by atoms with Crippen molar-refractivity contribution >= 4 is 11.7 Å². The molecule has 1 N–H and O–H groups in total. The Morgan fingerprint density at radius 1 is 1.04 bits per heavy atom. The van der Waals surface area contributed by atoms with E-state index in [0.717, 1.165) is 11.1 Å². The van der Waals surface area contributed by atoms with Crippen molar-refractivity contribution in [2.75, 3.05) is 5.32 Å². The number of hydrogen-bond acceptors (Lipinski definition) is 4. The van der Waals surface area contributed by atoms with E-state index in [1.54, 1.807) is 29.2 Å². The maximum atomic E-state index is 12.4. The zero-order valence-corrected chi connectivity index (χ0v) is 13.4. The van der Waals surface area contributed by atoms with Gasteiger partial charge in [-0.1, -0.05) is 0 Å². The van der Waals surface area contributed by atoms with Gasteiger partial charge in [0.2, 0.25) is 0 Å².